The first-order chi connectivity index (χ1) is 10.7. The van der Waals surface area contributed by atoms with E-state index >= 15 is 0 Å². The van der Waals surface area contributed by atoms with E-state index in [2.05, 4.69) is 20.4 Å². The summed E-state index contributed by atoms with van der Waals surface area (Å²) >= 11 is 0. The van der Waals surface area contributed by atoms with Crippen molar-refractivity contribution in [2.75, 3.05) is 0 Å². The SMILES string of the molecule is O=C(CCCn1cccn1)NCc1ccc2[nH]c(=O)[nH]c2c1. The summed E-state index contributed by atoms with van der Waals surface area (Å²) in [6.07, 6.45) is 4.81. The van der Waals surface area contributed by atoms with Crippen molar-refractivity contribution >= 4 is 16.9 Å². The Hall–Kier alpha value is -2.83. The fourth-order valence-electron chi connectivity index (χ4n) is 2.31. The van der Waals surface area contributed by atoms with Gasteiger partial charge in [0.05, 0.1) is 11.0 Å². The van der Waals surface area contributed by atoms with E-state index in [1.54, 1.807) is 6.20 Å². The van der Waals surface area contributed by atoms with Gasteiger partial charge in [0.25, 0.3) is 0 Å². The van der Waals surface area contributed by atoms with Gasteiger partial charge < -0.3 is 15.3 Å². The highest BCUT2D eigenvalue weighted by molar-refractivity contribution is 5.77. The van der Waals surface area contributed by atoms with Gasteiger partial charge >= 0.3 is 5.69 Å². The number of hydrogen-bond donors (Lipinski definition) is 3. The molecule has 3 rings (SSSR count). The zero-order valence-corrected chi connectivity index (χ0v) is 12.0. The molecule has 0 aliphatic rings. The number of fused-ring (bicyclic) bond motifs is 1. The highest BCUT2D eigenvalue weighted by Crippen LogP contribution is 2.10. The second kappa shape index (κ2) is 6.30. The average molecular weight is 299 g/mol. The minimum Gasteiger partial charge on any atom is -0.352 e. The molecule has 2 heterocycles. The quantitative estimate of drug-likeness (QED) is 0.637. The Bertz CT molecular complexity index is 816. The topological polar surface area (TPSA) is 95.6 Å². The van der Waals surface area contributed by atoms with Crippen LogP contribution in [0, 0.1) is 0 Å². The molecule has 7 heteroatoms. The Morgan fingerprint density at radius 2 is 2.14 bits per heavy atom. The number of nitrogens with one attached hydrogen (secondary N) is 3. The standard InChI is InChI=1S/C15H17N5O2/c21-14(3-1-7-20-8-2-6-17-20)16-10-11-4-5-12-13(9-11)19-15(22)18-12/h2,4-6,8-9H,1,3,7,10H2,(H,16,21)(H2,18,19,22). The maximum Gasteiger partial charge on any atom is 0.323 e. The van der Waals surface area contributed by atoms with Crippen LogP contribution < -0.4 is 11.0 Å². The van der Waals surface area contributed by atoms with Crippen LogP contribution in [-0.2, 0) is 17.9 Å². The number of aromatic nitrogens is 4. The van der Waals surface area contributed by atoms with E-state index in [4.69, 9.17) is 0 Å². The largest absolute Gasteiger partial charge is 0.352 e. The predicted molar refractivity (Wildman–Crippen MR) is 82.2 cm³/mol. The molecule has 0 fully saturated rings. The minimum atomic E-state index is -0.227. The number of hydrogen-bond acceptors (Lipinski definition) is 3. The first-order valence-corrected chi connectivity index (χ1v) is 7.16. The molecule has 22 heavy (non-hydrogen) atoms. The van der Waals surface area contributed by atoms with E-state index in [1.165, 1.54) is 0 Å². The molecule has 2 aromatic heterocycles. The van der Waals surface area contributed by atoms with Crippen molar-refractivity contribution in [1.29, 1.82) is 0 Å². The van der Waals surface area contributed by atoms with Crippen molar-refractivity contribution < 1.29 is 4.79 Å². The third kappa shape index (κ3) is 3.43. The van der Waals surface area contributed by atoms with Crippen LogP contribution in [0.3, 0.4) is 0 Å². The number of nitrogens with zero attached hydrogens (tertiary/aromatic N) is 2. The van der Waals surface area contributed by atoms with Crippen molar-refractivity contribution in [2.45, 2.75) is 25.9 Å². The number of amides is 1. The number of rotatable bonds is 6. The van der Waals surface area contributed by atoms with Gasteiger partial charge in [-0.1, -0.05) is 6.07 Å². The number of aromatic amines is 2. The summed E-state index contributed by atoms with van der Waals surface area (Å²) in [5.74, 6) is 0.00909. The van der Waals surface area contributed by atoms with Gasteiger partial charge in [-0.25, -0.2) is 4.79 Å². The van der Waals surface area contributed by atoms with Crippen LogP contribution in [0.1, 0.15) is 18.4 Å². The molecule has 0 bridgehead atoms. The van der Waals surface area contributed by atoms with Gasteiger partial charge in [-0.3, -0.25) is 9.48 Å². The second-order valence-electron chi connectivity index (χ2n) is 5.11. The van der Waals surface area contributed by atoms with Crippen LogP contribution in [-0.4, -0.2) is 25.7 Å². The van der Waals surface area contributed by atoms with Crippen molar-refractivity contribution in [3.05, 3.63) is 52.7 Å². The molecule has 0 radical (unpaired) electrons. The number of H-pyrrole nitrogens is 2. The Labute approximate surface area is 126 Å². The zero-order valence-electron chi connectivity index (χ0n) is 12.0. The van der Waals surface area contributed by atoms with E-state index in [0.717, 1.165) is 29.6 Å². The summed E-state index contributed by atoms with van der Waals surface area (Å²) < 4.78 is 1.81. The molecule has 3 aromatic rings. The van der Waals surface area contributed by atoms with E-state index in [0.29, 0.717) is 13.0 Å². The van der Waals surface area contributed by atoms with E-state index in [9.17, 15) is 9.59 Å². The lowest BCUT2D eigenvalue weighted by atomic mass is 10.2. The van der Waals surface area contributed by atoms with Crippen LogP contribution in [0.2, 0.25) is 0 Å². The van der Waals surface area contributed by atoms with Gasteiger partial charge in [-0.05, 0) is 30.2 Å². The van der Waals surface area contributed by atoms with Crippen molar-refractivity contribution in [2.24, 2.45) is 0 Å². The van der Waals surface area contributed by atoms with E-state index in [1.807, 2.05) is 35.1 Å². The fourth-order valence-corrected chi connectivity index (χ4v) is 2.31. The normalized spacial score (nSPS) is 10.9. The Balaban J connectivity index is 1.48. The highest BCUT2D eigenvalue weighted by atomic mass is 16.1. The predicted octanol–water partition coefficient (Wildman–Crippen LogP) is 1.15. The van der Waals surface area contributed by atoms with Crippen molar-refractivity contribution in [3.8, 4) is 0 Å². The summed E-state index contributed by atoms with van der Waals surface area (Å²) in [4.78, 5) is 28.4. The van der Waals surface area contributed by atoms with Crippen molar-refractivity contribution in [1.82, 2.24) is 25.1 Å². The maximum absolute atomic E-state index is 11.8. The van der Waals surface area contributed by atoms with Gasteiger partial charge in [-0.15, -0.1) is 0 Å². The monoisotopic (exact) mass is 299 g/mol. The van der Waals surface area contributed by atoms with E-state index in [-0.39, 0.29) is 11.6 Å². The molecule has 0 saturated carbocycles. The molecule has 3 N–H and O–H groups in total. The molecule has 1 aromatic carbocycles. The lowest BCUT2D eigenvalue weighted by molar-refractivity contribution is -0.121. The summed E-state index contributed by atoms with van der Waals surface area (Å²) in [6, 6.07) is 7.43. The lowest BCUT2D eigenvalue weighted by Gasteiger charge is -2.06. The molecule has 7 nitrogen and oxygen atoms in total. The molecule has 114 valence electrons. The zero-order chi connectivity index (χ0) is 15.4. The van der Waals surface area contributed by atoms with Crippen LogP contribution >= 0.6 is 0 Å². The Morgan fingerprint density at radius 3 is 2.95 bits per heavy atom. The first-order valence-electron chi connectivity index (χ1n) is 7.16. The van der Waals surface area contributed by atoms with Gasteiger partial charge in [0.2, 0.25) is 5.91 Å². The molecule has 0 aliphatic heterocycles. The molecular weight excluding hydrogens is 282 g/mol. The molecule has 0 aliphatic carbocycles. The Morgan fingerprint density at radius 1 is 1.27 bits per heavy atom. The van der Waals surface area contributed by atoms with Crippen LogP contribution in [0.25, 0.3) is 11.0 Å². The Kier molecular flexibility index (Phi) is 4.04. The number of imidazole rings is 1. The molecule has 0 saturated heterocycles. The molecule has 0 spiro atoms. The second-order valence-corrected chi connectivity index (χ2v) is 5.11. The summed E-state index contributed by atoms with van der Waals surface area (Å²) in [5.41, 5.74) is 2.23. The van der Waals surface area contributed by atoms with Gasteiger partial charge in [0.15, 0.2) is 0 Å². The lowest BCUT2D eigenvalue weighted by Crippen LogP contribution is -2.22. The molecular formula is C15H17N5O2. The minimum absolute atomic E-state index is 0.00909. The van der Waals surface area contributed by atoms with Crippen LogP contribution in [0.4, 0.5) is 0 Å². The summed E-state index contributed by atoms with van der Waals surface area (Å²) in [7, 11) is 0. The average Bonchev–Trinajstić information content (AvgIpc) is 3.12. The third-order valence-electron chi connectivity index (χ3n) is 3.42. The molecule has 0 atom stereocenters. The smallest absolute Gasteiger partial charge is 0.323 e. The summed E-state index contributed by atoms with van der Waals surface area (Å²) in [6.45, 7) is 1.18. The van der Waals surface area contributed by atoms with Crippen molar-refractivity contribution in [3.63, 3.8) is 0 Å². The molecule has 0 unspecified atom stereocenters. The van der Waals surface area contributed by atoms with Gasteiger partial charge in [0.1, 0.15) is 0 Å². The highest BCUT2D eigenvalue weighted by Gasteiger charge is 2.04. The fraction of sp³-hybridized carbons (Fsp3) is 0.267. The van der Waals surface area contributed by atoms with E-state index < -0.39 is 0 Å². The maximum atomic E-state index is 11.8. The number of benzene rings is 1. The summed E-state index contributed by atoms with van der Waals surface area (Å²) in [5, 5.41) is 6.97. The molecule has 1 amide bonds. The number of aryl methyl sites for hydroxylation is 1. The van der Waals surface area contributed by atoms with Crippen LogP contribution in [0.15, 0.2) is 41.5 Å². The third-order valence-corrected chi connectivity index (χ3v) is 3.42. The van der Waals surface area contributed by atoms with Crippen LogP contribution in [0.5, 0.6) is 0 Å². The van der Waals surface area contributed by atoms with Gasteiger partial charge in [0, 0.05) is 31.9 Å². The first kappa shape index (κ1) is 14.1. The number of carbonyl (C=O) groups excluding carboxylic acids is 1. The number of carbonyl (C=O) groups is 1. The van der Waals surface area contributed by atoms with Gasteiger partial charge in [-0.2, -0.15) is 5.10 Å².